The molecule has 1 atom stereocenters. The second-order valence-electron chi connectivity index (χ2n) is 7.85. The van der Waals surface area contributed by atoms with Crippen LogP contribution in [0.3, 0.4) is 0 Å². The van der Waals surface area contributed by atoms with Crippen LogP contribution in [0.2, 0.25) is 0 Å². The molecule has 0 bridgehead atoms. The van der Waals surface area contributed by atoms with Crippen molar-refractivity contribution in [1.29, 1.82) is 0 Å². The molecule has 3 rings (SSSR count). The van der Waals surface area contributed by atoms with Gasteiger partial charge in [-0.15, -0.1) is 0 Å². The van der Waals surface area contributed by atoms with Crippen LogP contribution in [-0.4, -0.2) is 44.9 Å². The largest absolute Gasteiger partial charge is 0.465 e. The van der Waals surface area contributed by atoms with Gasteiger partial charge in [0.25, 0.3) is 11.8 Å². The van der Waals surface area contributed by atoms with Gasteiger partial charge < -0.3 is 10.0 Å². The molecule has 1 aliphatic heterocycles. The minimum Gasteiger partial charge on any atom is -0.465 e. The van der Waals surface area contributed by atoms with Gasteiger partial charge in [0.2, 0.25) is 0 Å². The van der Waals surface area contributed by atoms with Gasteiger partial charge in [-0.1, -0.05) is 42.5 Å². The summed E-state index contributed by atoms with van der Waals surface area (Å²) in [5.41, 5.74) is 0.990. The van der Waals surface area contributed by atoms with Gasteiger partial charge in [-0.2, -0.15) is 0 Å². The summed E-state index contributed by atoms with van der Waals surface area (Å²) in [4.78, 5) is 40.2. The Bertz CT molecular complexity index is 867. The normalized spacial score (nSPS) is 14.8. The van der Waals surface area contributed by atoms with Gasteiger partial charge in [0.05, 0.1) is 17.2 Å². The van der Waals surface area contributed by atoms with Crippen LogP contribution in [0.15, 0.2) is 54.6 Å². The van der Waals surface area contributed by atoms with E-state index in [2.05, 4.69) is 0 Å². The third kappa shape index (κ3) is 3.63. The summed E-state index contributed by atoms with van der Waals surface area (Å²) >= 11 is 0. The number of amides is 3. The maximum absolute atomic E-state index is 13.0. The van der Waals surface area contributed by atoms with Crippen LogP contribution in [-0.2, 0) is 0 Å². The first-order valence-electron chi connectivity index (χ1n) is 9.24. The molecule has 1 N–H and O–H groups in total. The minimum atomic E-state index is -1.03. The SMILES string of the molecule is CC(C)(C)N(CCC(c1ccccc1)N1C(=O)c2ccccc2C1=O)C(=O)O. The second kappa shape index (κ2) is 7.46. The molecule has 2 aromatic rings. The van der Waals surface area contributed by atoms with E-state index in [1.807, 2.05) is 51.1 Å². The third-order valence-electron chi connectivity index (χ3n) is 4.99. The second-order valence-corrected chi connectivity index (χ2v) is 7.85. The Balaban J connectivity index is 1.95. The number of hydrogen-bond donors (Lipinski definition) is 1. The molecule has 6 heteroatoms. The highest BCUT2D eigenvalue weighted by atomic mass is 16.4. The van der Waals surface area contributed by atoms with Crippen LogP contribution < -0.4 is 0 Å². The van der Waals surface area contributed by atoms with Crippen molar-refractivity contribution in [3.05, 3.63) is 71.3 Å². The van der Waals surface area contributed by atoms with Crippen molar-refractivity contribution in [1.82, 2.24) is 9.80 Å². The summed E-state index contributed by atoms with van der Waals surface area (Å²) in [7, 11) is 0. The zero-order valence-electron chi connectivity index (χ0n) is 16.3. The third-order valence-corrected chi connectivity index (χ3v) is 4.99. The van der Waals surface area contributed by atoms with Crippen molar-refractivity contribution < 1.29 is 19.5 Å². The van der Waals surface area contributed by atoms with E-state index >= 15 is 0 Å². The lowest BCUT2D eigenvalue weighted by atomic mass is 9.99. The van der Waals surface area contributed by atoms with Gasteiger partial charge in [0, 0.05) is 12.1 Å². The van der Waals surface area contributed by atoms with E-state index in [1.165, 1.54) is 9.80 Å². The van der Waals surface area contributed by atoms with Gasteiger partial charge in [-0.05, 0) is 44.9 Å². The zero-order chi connectivity index (χ0) is 20.5. The fourth-order valence-corrected chi connectivity index (χ4v) is 3.58. The van der Waals surface area contributed by atoms with Crippen molar-refractivity contribution in [2.45, 2.75) is 38.8 Å². The summed E-state index contributed by atoms with van der Waals surface area (Å²) in [5.74, 6) is -0.681. The van der Waals surface area contributed by atoms with Crippen molar-refractivity contribution in [2.75, 3.05) is 6.54 Å². The Morgan fingerprint density at radius 1 is 0.964 bits per heavy atom. The van der Waals surface area contributed by atoms with E-state index in [1.54, 1.807) is 24.3 Å². The smallest absolute Gasteiger partial charge is 0.407 e. The maximum atomic E-state index is 13.0. The fourth-order valence-electron chi connectivity index (χ4n) is 3.58. The topological polar surface area (TPSA) is 77.9 Å². The molecule has 1 unspecified atom stereocenters. The summed E-state index contributed by atoms with van der Waals surface area (Å²) in [6.07, 6.45) is -0.708. The molecule has 6 nitrogen and oxygen atoms in total. The lowest BCUT2D eigenvalue weighted by molar-refractivity contribution is 0.0546. The molecule has 2 aromatic carbocycles. The molecule has 0 fully saturated rings. The number of imide groups is 1. The van der Waals surface area contributed by atoms with E-state index in [0.717, 1.165) is 5.56 Å². The number of benzene rings is 2. The molecular weight excluding hydrogens is 356 g/mol. The minimum absolute atomic E-state index is 0.200. The number of carbonyl (C=O) groups is 3. The van der Waals surface area contributed by atoms with Crippen LogP contribution in [0.5, 0.6) is 0 Å². The number of carbonyl (C=O) groups excluding carboxylic acids is 2. The number of rotatable bonds is 5. The first kappa shape index (κ1) is 19.6. The summed E-state index contributed by atoms with van der Waals surface area (Å²) in [6, 6.07) is 15.5. The predicted molar refractivity (Wildman–Crippen MR) is 105 cm³/mol. The van der Waals surface area contributed by atoms with Crippen molar-refractivity contribution in [2.24, 2.45) is 0 Å². The molecule has 1 aliphatic rings. The van der Waals surface area contributed by atoms with E-state index < -0.39 is 17.7 Å². The predicted octanol–water partition coefficient (Wildman–Crippen LogP) is 4.19. The molecule has 0 spiro atoms. The highest BCUT2D eigenvalue weighted by molar-refractivity contribution is 6.21. The van der Waals surface area contributed by atoms with E-state index in [9.17, 15) is 19.5 Å². The monoisotopic (exact) mass is 380 g/mol. The summed E-state index contributed by atoms with van der Waals surface area (Å²) in [5, 5.41) is 9.58. The van der Waals surface area contributed by atoms with E-state index in [-0.39, 0.29) is 18.4 Å². The molecule has 0 aromatic heterocycles. The van der Waals surface area contributed by atoms with Crippen molar-refractivity contribution in [3.8, 4) is 0 Å². The van der Waals surface area contributed by atoms with Gasteiger partial charge in [0.1, 0.15) is 0 Å². The average molecular weight is 380 g/mol. The number of carboxylic acid groups (broad SMARTS) is 1. The molecule has 28 heavy (non-hydrogen) atoms. The van der Waals surface area contributed by atoms with Gasteiger partial charge in [-0.3, -0.25) is 14.5 Å². The first-order valence-corrected chi connectivity index (χ1v) is 9.24. The Labute approximate surface area is 164 Å². The number of nitrogens with zero attached hydrogens (tertiary/aromatic N) is 2. The van der Waals surface area contributed by atoms with Crippen LogP contribution in [0.1, 0.15) is 59.5 Å². The first-order chi connectivity index (χ1) is 13.2. The maximum Gasteiger partial charge on any atom is 0.407 e. The quantitative estimate of drug-likeness (QED) is 0.789. The lowest BCUT2D eigenvalue weighted by Crippen LogP contribution is -2.46. The lowest BCUT2D eigenvalue weighted by Gasteiger charge is -2.35. The highest BCUT2D eigenvalue weighted by Gasteiger charge is 2.40. The molecule has 1 heterocycles. The molecule has 0 radical (unpaired) electrons. The van der Waals surface area contributed by atoms with Crippen molar-refractivity contribution in [3.63, 3.8) is 0 Å². The standard InChI is InChI=1S/C22H24N2O4/c1-22(2,3)23(21(27)28)14-13-18(15-9-5-4-6-10-15)24-19(25)16-11-7-8-12-17(16)20(24)26/h4-12,18H,13-14H2,1-3H3,(H,27,28). The van der Waals surface area contributed by atoms with Crippen LogP contribution in [0.4, 0.5) is 4.79 Å². The fraction of sp³-hybridized carbons (Fsp3) is 0.318. The van der Waals surface area contributed by atoms with Crippen molar-refractivity contribution >= 4 is 17.9 Å². The molecular formula is C22H24N2O4. The molecule has 0 saturated heterocycles. The Hall–Kier alpha value is -3.15. The van der Waals surface area contributed by atoms with Crippen LogP contribution >= 0.6 is 0 Å². The zero-order valence-corrected chi connectivity index (χ0v) is 16.3. The molecule has 0 saturated carbocycles. The van der Waals surface area contributed by atoms with Gasteiger partial charge in [0.15, 0.2) is 0 Å². The van der Waals surface area contributed by atoms with Crippen LogP contribution in [0, 0.1) is 0 Å². The van der Waals surface area contributed by atoms with Gasteiger partial charge in [-0.25, -0.2) is 4.79 Å². The molecule has 146 valence electrons. The Morgan fingerprint density at radius 2 is 1.46 bits per heavy atom. The Morgan fingerprint density at radius 3 is 1.93 bits per heavy atom. The number of hydrogen-bond acceptors (Lipinski definition) is 3. The number of fused-ring (bicyclic) bond motifs is 1. The van der Waals surface area contributed by atoms with Gasteiger partial charge >= 0.3 is 6.09 Å². The van der Waals surface area contributed by atoms with Crippen LogP contribution in [0.25, 0.3) is 0 Å². The van der Waals surface area contributed by atoms with E-state index in [0.29, 0.717) is 17.5 Å². The average Bonchev–Trinajstić information content (AvgIpc) is 2.90. The van der Waals surface area contributed by atoms with E-state index in [4.69, 9.17) is 0 Å². The molecule has 3 amide bonds. The highest BCUT2D eigenvalue weighted by Crippen LogP contribution is 2.34. The summed E-state index contributed by atoms with van der Waals surface area (Å²) in [6.45, 7) is 5.66. The summed E-state index contributed by atoms with van der Waals surface area (Å²) < 4.78 is 0. The Kier molecular flexibility index (Phi) is 5.23. The molecule has 0 aliphatic carbocycles.